The van der Waals surface area contributed by atoms with Crippen molar-refractivity contribution in [1.29, 1.82) is 0 Å². The number of aliphatic hydroxyl groups excluding tert-OH is 1. The van der Waals surface area contributed by atoms with E-state index in [-0.39, 0.29) is 11.3 Å². The molecule has 0 saturated heterocycles. The predicted molar refractivity (Wildman–Crippen MR) is 103 cm³/mol. The molecule has 0 aliphatic heterocycles. The zero-order chi connectivity index (χ0) is 18.0. The van der Waals surface area contributed by atoms with Gasteiger partial charge in [0.1, 0.15) is 0 Å². The first kappa shape index (κ1) is 18.2. The van der Waals surface area contributed by atoms with E-state index < -0.39 is 6.10 Å². The maximum Gasteiger partial charge on any atom is 0.251 e. The number of amides is 1. The Bertz CT molecular complexity index is 757. The fraction of sp³-hybridized carbons (Fsp3) is 0.476. The Morgan fingerprint density at radius 1 is 1.24 bits per heavy atom. The molecule has 1 aliphatic rings. The first-order chi connectivity index (χ1) is 11.9. The second-order valence-corrected chi connectivity index (χ2v) is 8.48. The zero-order valence-electron chi connectivity index (χ0n) is 15.3. The molecule has 1 unspecified atom stereocenters. The molecule has 1 aliphatic carbocycles. The van der Waals surface area contributed by atoms with Crippen molar-refractivity contribution in [3.05, 3.63) is 56.8 Å². The minimum Gasteiger partial charge on any atom is -0.388 e. The van der Waals surface area contributed by atoms with Crippen molar-refractivity contribution < 1.29 is 9.90 Å². The number of thiophene rings is 1. The average molecular weight is 358 g/mol. The maximum atomic E-state index is 12.7. The highest BCUT2D eigenvalue weighted by Crippen LogP contribution is 2.44. The molecule has 1 atom stereocenters. The Labute approximate surface area is 154 Å². The molecule has 25 heavy (non-hydrogen) atoms. The third-order valence-corrected chi connectivity index (χ3v) is 6.85. The lowest BCUT2D eigenvalue weighted by Crippen LogP contribution is -2.38. The highest BCUT2D eigenvalue weighted by Gasteiger charge is 2.37. The molecule has 2 N–H and O–H groups in total. The average Bonchev–Trinajstić information content (AvgIpc) is 3.24. The number of aliphatic hydroxyl groups is 1. The fourth-order valence-electron chi connectivity index (χ4n) is 3.75. The summed E-state index contributed by atoms with van der Waals surface area (Å²) >= 11 is 1.69. The van der Waals surface area contributed by atoms with Gasteiger partial charge in [0.15, 0.2) is 0 Å². The van der Waals surface area contributed by atoms with E-state index in [0.717, 1.165) is 34.4 Å². The largest absolute Gasteiger partial charge is 0.388 e. The van der Waals surface area contributed by atoms with Crippen LogP contribution in [-0.2, 0) is 5.41 Å². The van der Waals surface area contributed by atoms with Gasteiger partial charge >= 0.3 is 0 Å². The van der Waals surface area contributed by atoms with Crippen molar-refractivity contribution in [2.24, 2.45) is 0 Å². The number of aryl methyl sites for hydroxylation is 2. The van der Waals surface area contributed by atoms with Crippen molar-refractivity contribution in [1.82, 2.24) is 5.32 Å². The lowest BCUT2D eigenvalue weighted by Gasteiger charge is -2.28. The zero-order valence-corrected chi connectivity index (χ0v) is 16.1. The van der Waals surface area contributed by atoms with Crippen molar-refractivity contribution in [3.63, 3.8) is 0 Å². The van der Waals surface area contributed by atoms with E-state index in [0.29, 0.717) is 6.54 Å². The van der Waals surface area contributed by atoms with Crippen LogP contribution in [0.3, 0.4) is 0 Å². The topological polar surface area (TPSA) is 49.3 Å². The third kappa shape index (κ3) is 3.80. The number of nitrogens with one attached hydrogen (secondary N) is 1. The highest BCUT2D eigenvalue weighted by molar-refractivity contribution is 7.12. The van der Waals surface area contributed by atoms with Crippen LogP contribution in [0.5, 0.6) is 0 Å². The summed E-state index contributed by atoms with van der Waals surface area (Å²) in [6, 6.07) is 10.2. The van der Waals surface area contributed by atoms with Crippen molar-refractivity contribution >= 4 is 17.2 Å². The van der Waals surface area contributed by atoms with Crippen LogP contribution in [0, 0.1) is 13.8 Å². The van der Waals surface area contributed by atoms with Gasteiger partial charge in [0.05, 0.1) is 6.10 Å². The van der Waals surface area contributed by atoms with E-state index in [1.54, 1.807) is 18.3 Å². The maximum absolute atomic E-state index is 12.7. The Balaban J connectivity index is 1.78. The standard InChI is InChI=1S/C21H27NO2S/c1-14-6-7-15(2)17(12-14)20(24)22-13-21(10-4-5-11-21)19-9-8-18(25-19)16(3)23/h6-9,12,16,23H,4-5,10-11,13H2,1-3H3,(H,22,24). The van der Waals surface area contributed by atoms with Gasteiger partial charge in [-0.2, -0.15) is 0 Å². The second kappa shape index (κ2) is 7.30. The van der Waals surface area contributed by atoms with Crippen LogP contribution in [0.25, 0.3) is 0 Å². The summed E-state index contributed by atoms with van der Waals surface area (Å²) in [4.78, 5) is 15.0. The predicted octanol–water partition coefficient (Wildman–Crippen LogP) is 4.66. The summed E-state index contributed by atoms with van der Waals surface area (Å²) < 4.78 is 0. The third-order valence-electron chi connectivity index (χ3n) is 5.35. The number of carbonyl (C=O) groups excluding carboxylic acids is 1. The van der Waals surface area contributed by atoms with Gasteiger partial charge in [-0.25, -0.2) is 0 Å². The first-order valence-corrected chi connectivity index (χ1v) is 9.87. The van der Waals surface area contributed by atoms with Crippen molar-refractivity contribution in [2.75, 3.05) is 6.54 Å². The van der Waals surface area contributed by atoms with Crippen LogP contribution in [0.1, 0.15) is 70.0 Å². The van der Waals surface area contributed by atoms with Gasteiger partial charge < -0.3 is 10.4 Å². The molecule has 0 radical (unpaired) electrons. The first-order valence-electron chi connectivity index (χ1n) is 9.05. The smallest absolute Gasteiger partial charge is 0.251 e. The van der Waals surface area contributed by atoms with E-state index in [2.05, 4.69) is 11.4 Å². The van der Waals surface area contributed by atoms with Gasteiger partial charge in [0, 0.05) is 27.3 Å². The van der Waals surface area contributed by atoms with Crippen LogP contribution < -0.4 is 5.32 Å². The monoisotopic (exact) mass is 357 g/mol. The van der Waals surface area contributed by atoms with E-state index in [9.17, 15) is 9.90 Å². The molecule has 1 aromatic carbocycles. The Morgan fingerprint density at radius 2 is 1.96 bits per heavy atom. The molecule has 3 nitrogen and oxygen atoms in total. The Kier molecular flexibility index (Phi) is 5.30. The van der Waals surface area contributed by atoms with E-state index in [1.807, 2.05) is 38.1 Å². The van der Waals surface area contributed by atoms with Gasteiger partial charge in [-0.15, -0.1) is 11.3 Å². The van der Waals surface area contributed by atoms with Crippen molar-refractivity contribution in [2.45, 2.75) is 58.0 Å². The van der Waals surface area contributed by atoms with E-state index >= 15 is 0 Å². The molecule has 4 heteroatoms. The van der Waals surface area contributed by atoms with Crippen LogP contribution in [-0.4, -0.2) is 17.6 Å². The van der Waals surface area contributed by atoms with Gasteiger partial charge in [-0.1, -0.05) is 30.5 Å². The van der Waals surface area contributed by atoms with Gasteiger partial charge in [0.2, 0.25) is 0 Å². The molecule has 1 amide bonds. The van der Waals surface area contributed by atoms with Gasteiger partial charge in [0.25, 0.3) is 5.91 Å². The van der Waals surface area contributed by atoms with Crippen LogP contribution >= 0.6 is 11.3 Å². The molecular weight excluding hydrogens is 330 g/mol. The van der Waals surface area contributed by atoms with Crippen LogP contribution in [0.4, 0.5) is 0 Å². The molecule has 1 fully saturated rings. The van der Waals surface area contributed by atoms with E-state index in [1.165, 1.54) is 17.7 Å². The molecule has 0 bridgehead atoms. The molecule has 3 rings (SSSR count). The number of hydrogen-bond donors (Lipinski definition) is 2. The Hall–Kier alpha value is -1.65. The summed E-state index contributed by atoms with van der Waals surface area (Å²) in [7, 11) is 0. The number of benzene rings is 1. The summed E-state index contributed by atoms with van der Waals surface area (Å²) in [5.74, 6) is 0.0137. The highest BCUT2D eigenvalue weighted by atomic mass is 32.1. The summed E-state index contributed by atoms with van der Waals surface area (Å²) in [6.45, 7) is 6.46. The summed E-state index contributed by atoms with van der Waals surface area (Å²) in [5.41, 5.74) is 2.90. The molecule has 1 saturated carbocycles. The van der Waals surface area contributed by atoms with E-state index in [4.69, 9.17) is 0 Å². The molecule has 1 heterocycles. The summed E-state index contributed by atoms with van der Waals surface area (Å²) in [6.07, 6.45) is 4.16. The molecule has 134 valence electrons. The van der Waals surface area contributed by atoms with Gasteiger partial charge in [-0.3, -0.25) is 4.79 Å². The lowest BCUT2D eigenvalue weighted by atomic mass is 9.84. The minimum absolute atomic E-state index is 0.0137. The second-order valence-electron chi connectivity index (χ2n) is 7.37. The summed E-state index contributed by atoms with van der Waals surface area (Å²) in [5, 5.41) is 13.0. The number of carbonyl (C=O) groups is 1. The lowest BCUT2D eigenvalue weighted by molar-refractivity contribution is 0.0942. The molecule has 2 aromatic rings. The SMILES string of the molecule is Cc1ccc(C)c(C(=O)NCC2(c3ccc(C(C)O)s3)CCCC2)c1. The van der Waals surface area contributed by atoms with Gasteiger partial charge in [-0.05, 0) is 57.4 Å². The number of hydrogen-bond acceptors (Lipinski definition) is 3. The minimum atomic E-state index is -0.429. The molecule has 1 aromatic heterocycles. The van der Waals surface area contributed by atoms with Crippen LogP contribution in [0.15, 0.2) is 30.3 Å². The fourth-order valence-corrected chi connectivity index (χ4v) is 4.94. The van der Waals surface area contributed by atoms with Crippen LogP contribution in [0.2, 0.25) is 0 Å². The van der Waals surface area contributed by atoms with Crippen molar-refractivity contribution in [3.8, 4) is 0 Å². The Morgan fingerprint density at radius 3 is 2.60 bits per heavy atom. The quantitative estimate of drug-likeness (QED) is 0.817. The number of rotatable bonds is 5. The normalized spacial score (nSPS) is 17.4. The molecule has 0 spiro atoms. The molecular formula is C21H27NO2S.